The van der Waals surface area contributed by atoms with Crippen LogP contribution in [0.1, 0.15) is 18.4 Å². The third-order valence-electron chi connectivity index (χ3n) is 5.61. The van der Waals surface area contributed by atoms with Gasteiger partial charge in [0.2, 0.25) is 10.0 Å². The predicted octanol–water partition coefficient (Wildman–Crippen LogP) is 3.50. The molecule has 1 saturated carbocycles. The quantitative estimate of drug-likeness (QED) is 0.769. The van der Waals surface area contributed by atoms with Crippen molar-refractivity contribution in [2.45, 2.75) is 37.4 Å². The van der Waals surface area contributed by atoms with Crippen molar-refractivity contribution in [2.24, 2.45) is 5.92 Å². The van der Waals surface area contributed by atoms with Crippen LogP contribution < -0.4 is 10.0 Å². The second kappa shape index (κ2) is 7.37. The van der Waals surface area contributed by atoms with E-state index in [4.69, 9.17) is 11.6 Å². The van der Waals surface area contributed by atoms with Gasteiger partial charge in [0.05, 0.1) is 6.26 Å². The van der Waals surface area contributed by atoms with Crippen molar-refractivity contribution in [3.8, 4) is 11.1 Å². The van der Waals surface area contributed by atoms with Crippen LogP contribution in [0.3, 0.4) is 0 Å². The zero-order chi connectivity index (χ0) is 20.1. The lowest BCUT2D eigenvalue weighted by Gasteiger charge is -2.52. The van der Waals surface area contributed by atoms with Crippen LogP contribution in [0.15, 0.2) is 36.4 Å². The van der Waals surface area contributed by atoms with Gasteiger partial charge in [-0.1, -0.05) is 29.8 Å². The molecule has 1 aliphatic carbocycles. The Morgan fingerprint density at radius 2 is 1.96 bits per heavy atom. The second-order valence-corrected chi connectivity index (χ2v) is 9.97. The summed E-state index contributed by atoms with van der Waals surface area (Å²) < 4.78 is 55.2. The standard InChI is InChI=1S/C20H21ClF2N2O2S/c1-28(26,27)25-20-13-7-16(8-13)24-18(20)9-11-3-2-4-17(19(11)23)12-5-14(21)10-15(22)6-12/h2-6,10,13,16,18,20,24-25H,7-9H2,1H3/t13?,16?,18-,20-/m0/s1. The van der Waals surface area contributed by atoms with Gasteiger partial charge in [-0.15, -0.1) is 0 Å². The average Bonchev–Trinajstić information content (AvgIpc) is 2.54. The highest BCUT2D eigenvalue weighted by Crippen LogP contribution is 2.38. The third kappa shape index (κ3) is 4.08. The van der Waals surface area contributed by atoms with Crippen molar-refractivity contribution >= 4 is 21.6 Å². The fraction of sp³-hybridized carbons (Fsp3) is 0.400. The zero-order valence-corrected chi connectivity index (χ0v) is 16.8. The van der Waals surface area contributed by atoms with E-state index in [-0.39, 0.29) is 28.6 Å². The van der Waals surface area contributed by atoms with Crippen molar-refractivity contribution in [3.05, 3.63) is 58.6 Å². The summed E-state index contributed by atoms with van der Waals surface area (Å²) in [5, 5.41) is 3.63. The Bertz CT molecular complexity index is 989. The number of nitrogens with one attached hydrogen (secondary N) is 2. The first-order valence-electron chi connectivity index (χ1n) is 9.17. The highest BCUT2D eigenvalue weighted by atomic mass is 35.5. The molecule has 4 nitrogen and oxygen atoms in total. The van der Waals surface area contributed by atoms with Gasteiger partial charge in [0.1, 0.15) is 11.6 Å². The molecule has 0 unspecified atom stereocenters. The molecule has 2 atom stereocenters. The van der Waals surface area contributed by atoms with Gasteiger partial charge >= 0.3 is 0 Å². The first-order chi connectivity index (χ1) is 13.2. The van der Waals surface area contributed by atoms with Crippen LogP contribution in [0.4, 0.5) is 8.78 Å². The minimum atomic E-state index is -3.37. The van der Waals surface area contributed by atoms with E-state index in [2.05, 4.69) is 10.0 Å². The molecule has 0 amide bonds. The normalized spacial score (nSPS) is 26.7. The summed E-state index contributed by atoms with van der Waals surface area (Å²) in [5.74, 6) is -0.707. The lowest BCUT2D eigenvalue weighted by Crippen LogP contribution is -2.67. The van der Waals surface area contributed by atoms with E-state index in [1.165, 1.54) is 18.2 Å². The number of halogens is 3. The molecule has 2 N–H and O–H groups in total. The minimum absolute atomic E-state index is 0.200. The number of sulfonamides is 1. The van der Waals surface area contributed by atoms with Gasteiger partial charge in [0.25, 0.3) is 0 Å². The van der Waals surface area contributed by atoms with Gasteiger partial charge in [0.15, 0.2) is 0 Å². The van der Waals surface area contributed by atoms with E-state index >= 15 is 4.39 Å². The molecule has 3 aliphatic rings. The number of piperidine rings is 2. The summed E-state index contributed by atoms with van der Waals surface area (Å²) >= 11 is 5.91. The first-order valence-corrected chi connectivity index (χ1v) is 11.4. The van der Waals surface area contributed by atoms with Gasteiger partial charge in [-0.05, 0) is 54.5 Å². The van der Waals surface area contributed by atoms with Gasteiger partial charge in [-0.25, -0.2) is 21.9 Å². The average molecular weight is 427 g/mol. The highest BCUT2D eigenvalue weighted by molar-refractivity contribution is 7.88. The molecule has 0 spiro atoms. The monoisotopic (exact) mass is 426 g/mol. The van der Waals surface area contributed by atoms with Gasteiger partial charge in [0, 0.05) is 28.7 Å². The molecule has 3 fully saturated rings. The summed E-state index contributed by atoms with van der Waals surface area (Å²) in [6, 6.07) is 8.80. The van der Waals surface area contributed by atoms with Crippen molar-refractivity contribution < 1.29 is 17.2 Å². The molecule has 8 heteroatoms. The van der Waals surface area contributed by atoms with Gasteiger partial charge < -0.3 is 5.32 Å². The number of rotatable bonds is 5. The van der Waals surface area contributed by atoms with E-state index in [1.807, 2.05) is 0 Å². The second-order valence-electron chi connectivity index (χ2n) is 7.76. The molecule has 2 aliphatic heterocycles. The fourth-order valence-electron chi connectivity index (χ4n) is 4.34. The molecule has 0 aromatic heterocycles. The molecule has 2 aromatic carbocycles. The zero-order valence-electron chi connectivity index (χ0n) is 15.3. The Labute approximate surface area is 168 Å². The Kier molecular flexibility index (Phi) is 5.20. The van der Waals surface area contributed by atoms with E-state index in [1.54, 1.807) is 18.2 Å². The van der Waals surface area contributed by atoms with Crippen LogP contribution >= 0.6 is 11.6 Å². The maximum Gasteiger partial charge on any atom is 0.209 e. The van der Waals surface area contributed by atoms with Crippen LogP contribution in [-0.4, -0.2) is 32.8 Å². The molecule has 150 valence electrons. The first kappa shape index (κ1) is 19.8. The maximum atomic E-state index is 15.2. The van der Waals surface area contributed by atoms with Crippen LogP contribution in [-0.2, 0) is 16.4 Å². The van der Waals surface area contributed by atoms with E-state index in [9.17, 15) is 12.8 Å². The van der Waals surface area contributed by atoms with Crippen molar-refractivity contribution in [2.75, 3.05) is 6.26 Å². The van der Waals surface area contributed by atoms with Crippen molar-refractivity contribution in [3.63, 3.8) is 0 Å². The number of hydrogen-bond acceptors (Lipinski definition) is 3. The summed E-state index contributed by atoms with van der Waals surface area (Å²) in [4.78, 5) is 0. The molecule has 2 heterocycles. The van der Waals surface area contributed by atoms with Crippen molar-refractivity contribution in [1.29, 1.82) is 0 Å². The number of hydrogen-bond donors (Lipinski definition) is 2. The molecule has 28 heavy (non-hydrogen) atoms. The summed E-state index contributed by atoms with van der Waals surface area (Å²) in [6.07, 6.45) is 3.33. The number of fused-ring (bicyclic) bond motifs is 2. The summed E-state index contributed by atoms with van der Waals surface area (Å²) in [6.45, 7) is 0. The lowest BCUT2D eigenvalue weighted by atomic mass is 9.68. The molecule has 2 bridgehead atoms. The summed E-state index contributed by atoms with van der Waals surface area (Å²) in [5.41, 5.74) is 1.10. The van der Waals surface area contributed by atoms with E-state index < -0.39 is 21.7 Å². The van der Waals surface area contributed by atoms with Gasteiger partial charge in [-0.2, -0.15) is 0 Å². The number of benzene rings is 2. The van der Waals surface area contributed by atoms with Crippen LogP contribution in [0.2, 0.25) is 5.02 Å². The van der Waals surface area contributed by atoms with Crippen molar-refractivity contribution in [1.82, 2.24) is 10.0 Å². The lowest BCUT2D eigenvalue weighted by molar-refractivity contribution is 0.0809. The molecule has 5 rings (SSSR count). The Morgan fingerprint density at radius 3 is 2.64 bits per heavy atom. The minimum Gasteiger partial charge on any atom is -0.309 e. The Hall–Kier alpha value is -1.54. The van der Waals surface area contributed by atoms with Crippen LogP contribution in [0.25, 0.3) is 11.1 Å². The molecular formula is C20H21ClF2N2O2S. The van der Waals surface area contributed by atoms with Crippen LogP contribution in [0, 0.1) is 17.6 Å². The predicted molar refractivity (Wildman–Crippen MR) is 106 cm³/mol. The molecular weight excluding hydrogens is 406 g/mol. The van der Waals surface area contributed by atoms with E-state index in [0.29, 0.717) is 23.6 Å². The third-order valence-corrected chi connectivity index (χ3v) is 6.53. The van der Waals surface area contributed by atoms with Gasteiger partial charge in [-0.3, -0.25) is 0 Å². The van der Waals surface area contributed by atoms with Crippen LogP contribution in [0.5, 0.6) is 0 Å². The Morgan fingerprint density at radius 1 is 1.21 bits per heavy atom. The fourth-order valence-corrected chi connectivity index (χ4v) is 5.42. The Balaban J connectivity index is 1.63. The molecule has 0 radical (unpaired) electrons. The largest absolute Gasteiger partial charge is 0.309 e. The molecule has 2 aromatic rings. The van der Waals surface area contributed by atoms with E-state index in [0.717, 1.165) is 19.1 Å². The smallest absolute Gasteiger partial charge is 0.209 e. The topological polar surface area (TPSA) is 58.2 Å². The highest BCUT2D eigenvalue weighted by Gasteiger charge is 2.46. The molecule has 2 saturated heterocycles. The SMILES string of the molecule is CS(=O)(=O)N[C@H]1C2CC(C2)N[C@H]1Cc1cccc(-c2cc(F)cc(Cl)c2)c1F. The maximum absolute atomic E-state index is 15.2. The summed E-state index contributed by atoms with van der Waals surface area (Å²) in [7, 11) is -3.37.